The lowest BCUT2D eigenvalue weighted by Crippen LogP contribution is -2.31. The molecule has 2 aromatic carbocycles. The summed E-state index contributed by atoms with van der Waals surface area (Å²) >= 11 is 11.7. The van der Waals surface area contributed by atoms with Gasteiger partial charge in [-0.3, -0.25) is 4.79 Å². The van der Waals surface area contributed by atoms with E-state index in [0.717, 1.165) is 0 Å². The van der Waals surface area contributed by atoms with E-state index in [-0.39, 0.29) is 22.6 Å². The first-order chi connectivity index (χ1) is 11.4. The van der Waals surface area contributed by atoms with E-state index in [0.29, 0.717) is 17.1 Å². The molecule has 2 aromatic rings. The number of methoxy groups -OCH3 is 1. The summed E-state index contributed by atoms with van der Waals surface area (Å²) in [7, 11) is 1.54. The van der Waals surface area contributed by atoms with Crippen LogP contribution in [0.15, 0.2) is 36.4 Å². The lowest BCUT2D eigenvalue weighted by atomic mass is 10.1. The van der Waals surface area contributed by atoms with Crippen LogP contribution < -0.4 is 14.8 Å². The van der Waals surface area contributed by atoms with E-state index in [1.807, 2.05) is 0 Å². The Labute approximate surface area is 149 Å². The minimum atomic E-state index is -0.593. The highest BCUT2D eigenvalue weighted by molar-refractivity contribution is 6.35. The van der Waals surface area contributed by atoms with Gasteiger partial charge in [0.25, 0.3) is 5.91 Å². The van der Waals surface area contributed by atoms with Crippen molar-refractivity contribution >= 4 is 29.1 Å². The van der Waals surface area contributed by atoms with Crippen LogP contribution in [0, 0.1) is 5.82 Å². The number of carbonyl (C=O) groups excluding carboxylic acids is 1. The Bertz CT molecular complexity index is 740. The Balaban J connectivity index is 1.95. The van der Waals surface area contributed by atoms with Crippen LogP contribution in [0.4, 0.5) is 4.39 Å². The third kappa shape index (κ3) is 4.76. The Morgan fingerprint density at radius 3 is 2.62 bits per heavy atom. The highest BCUT2D eigenvalue weighted by Crippen LogP contribution is 2.28. The van der Waals surface area contributed by atoms with E-state index >= 15 is 0 Å². The number of carbonyl (C=O) groups is 1. The molecule has 0 aliphatic carbocycles. The van der Waals surface area contributed by atoms with Crippen molar-refractivity contribution in [3.8, 4) is 11.5 Å². The molecule has 0 fully saturated rings. The average molecular weight is 372 g/mol. The fourth-order valence-electron chi connectivity index (χ4n) is 2.07. The number of amides is 1. The fraction of sp³-hybridized carbons (Fsp3) is 0.235. The molecule has 0 spiro atoms. The standard InChI is InChI=1S/C17H16Cl2FNO3/c1-10(13-7-16(20)15(19)8-14(13)18)21-17(22)9-24-12-5-3-4-11(6-12)23-2/h3-8,10H,9H2,1-2H3,(H,21,22). The van der Waals surface area contributed by atoms with Gasteiger partial charge in [-0.15, -0.1) is 0 Å². The maximum absolute atomic E-state index is 13.6. The van der Waals surface area contributed by atoms with Gasteiger partial charge >= 0.3 is 0 Å². The Morgan fingerprint density at radius 2 is 1.92 bits per heavy atom. The summed E-state index contributed by atoms with van der Waals surface area (Å²) in [6.07, 6.45) is 0. The molecule has 24 heavy (non-hydrogen) atoms. The largest absolute Gasteiger partial charge is 0.497 e. The number of benzene rings is 2. The van der Waals surface area contributed by atoms with Crippen molar-refractivity contribution in [1.29, 1.82) is 0 Å². The van der Waals surface area contributed by atoms with Crippen LogP contribution >= 0.6 is 23.2 Å². The summed E-state index contributed by atoms with van der Waals surface area (Å²) < 4.78 is 24.0. The molecule has 1 unspecified atom stereocenters. The molecule has 0 radical (unpaired) electrons. The molecule has 1 N–H and O–H groups in total. The summed E-state index contributed by atoms with van der Waals surface area (Å²) in [4.78, 5) is 12.0. The maximum atomic E-state index is 13.6. The molecule has 0 bridgehead atoms. The Kier molecular flexibility index (Phi) is 6.29. The predicted octanol–water partition coefficient (Wildman–Crippen LogP) is 4.40. The van der Waals surface area contributed by atoms with E-state index in [1.54, 1.807) is 38.3 Å². The van der Waals surface area contributed by atoms with Gasteiger partial charge in [0.15, 0.2) is 6.61 Å². The van der Waals surface area contributed by atoms with Crippen LogP contribution in [0.5, 0.6) is 11.5 Å². The first kappa shape index (κ1) is 18.4. The van der Waals surface area contributed by atoms with Gasteiger partial charge in [0.1, 0.15) is 17.3 Å². The topological polar surface area (TPSA) is 47.6 Å². The van der Waals surface area contributed by atoms with Crippen molar-refractivity contribution in [2.24, 2.45) is 0 Å². The lowest BCUT2D eigenvalue weighted by molar-refractivity contribution is -0.123. The number of halogens is 3. The number of hydrogen-bond donors (Lipinski definition) is 1. The fourth-order valence-corrected chi connectivity index (χ4v) is 2.62. The minimum Gasteiger partial charge on any atom is -0.497 e. The van der Waals surface area contributed by atoms with Gasteiger partial charge in [0.05, 0.1) is 18.2 Å². The molecule has 2 rings (SSSR count). The SMILES string of the molecule is COc1cccc(OCC(=O)NC(C)c2cc(F)c(Cl)cc2Cl)c1. The smallest absolute Gasteiger partial charge is 0.258 e. The molecule has 0 heterocycles. The van der Waals surface area contributed by atoms with Crippen LogP contribution in [-0.4, -0.2) is 19.6 Å². The molecule has 128 valence electrons. The van der Waals surface area contributed by atoms with E-state index < -0.39 is 11.9 Å². The van der Waals surface area contributed by atoms with Gasteiger partial charge in [-0.05, 0) is 36.8 Å². The monoisotopic (exact) mass is 371 g/mol. The molecule has 1 atom stereocenters. The molecule has 0 aromatic heterocycles. The van der Waals surface area contributed by atoms with Gasteiger partial charge in [0, 0.05) is 11.1 Å². The molecule has 0 aliphatic rings. The molecule has 1 amide bonds. The third-order valence-electron chi connectivity index (χ3n) is 3.29. The highest BCUT2D eigenvalue weighted by atomic mass is 35.5. The summed E-state index contributed by atoms with van der Waals surface area (Å²) in [6.45, 7) is 1.50. The number of nitrogens with one attached hydrogen (secondary N) is 1. The first-order valence-corrected chi connectivity index (χ1v) is 7.87. The number of hydrogen-bond acceptors (Lipinski definition) is 3. The van der Waals surface area contributed by atoms with Gasteiger partial charge in [-0.2, -0.15) is 0 Å². The van der Waals surface area contributed by atoms with Gasteiger partial charge in [-0.25, -0.2) is 4.39 Å². The molecular formula is C17H16Cl2FNO3. The Hall–Kier alpha value is -1.98. The number of ether oxygens (including phenoxy) is 2. The first-order valence-electron chi connectivity index (χ1n) is 7.11. The zero-order valence-corrected chi connectivity index (χ0v) is 14.6. The van der Waals surface area contributed by atoms with Crippen molar-refractivity contribution < 1.29 is 18.7 Å². The minimum absolute atomic E-state index is 0.0661. The second-order valence-corrected chi connectivity index (χ2v) is 5.86. The van der Waals surface area contributed by atoms with Crippen molar-refractivity contribution in [3.05, 3.63) is 57.8 Å². The number of rotatable bonds is 6. The maximum Gasteiger partial charge on any atom is 0.258 e. The van der Waals surface area contributed by atoms with Crippen LogP contribution in [-0.2, 0) is 4.79 Å². The second-order valence-electron chi connectivity index (χ2n) is 5.04. The quantitative estimate of drug-likeness (QED) is 0.765. The van der Waals surface area contributed by atoms with Gasteiger partial charge < -0.3 is 14.8 Å². The summed E-state index contributed by atoms with van der Waals surface area (Å²) in [5.74, 6) is 0.180. The Morgan fingerprint density at radius 1 is 1.21 bits per heavy atom. The van der Waals surface area contributed by atoms with Gasteiger partial charge in [0.2, 0.25) is 0 Å². The second kappa shape index (κ2) is 8.22. The lowest BCUT2D eigenvalue weighted by Gasteiger charge is -2.16. The van der Waals surface area contributed by atoms with Crippen LogP contribution in [0.1, 0.15) is 18.5 Å². The zero-order chi connectivity index (χ0) is 17.7. The van der Waals surface area contributed by atoms with Crippen LogP contribution in [0.2, 0.25) is 10.0 Å². The van der Waals surface area contributed by atoms with Crippen LogP contribution in [0.25, 0.3) is 0 Å². The average Bonchev–Trinajstić information content (AvgIpc) is 2.56. The van der Waals surface area contributed by atoms with Gasteiger partial charge in [-0.1, -0.05) is 29.3 Å². The van der Waals surface area contributed by atoms with E-state index in [9.17, 15) is 9.18 Å². The molecule has 4 nitrogen and oxygen atoms in total. The van der Waals surface area contributed by atoms with Crippen molar-refractivity contribution in [2.45, 2.75) is 13.0 Å². The highest BCUT2D eigenvalue weighted by Gasteiger charge is 2.16. The summed E-state index contributed by atoms with van der Waals surface area (Å²) in [5.41, 5.74) is 0.438. The van der Waals surface area contributed by atoms with Crippen molar-refractivity contribution in [2.75, 3.05) is 13.7 Å². The molecule has 7 heteroatoms. The van der Waals surface area contributed by atoms with E-state index in [2.05, 4.69) is 5.32 Å². The predicted molar refractivity (Wildman–Crippen MR) is 91.5 cm³/mol. The zero-order valence-electron chi connectivity index (χ0n) is 13.1. The summed E-state index contributed by atoms with van der Waals surface area (Å²) in [5, 5.41) is 2.91. The molecule has 0 saturated carbocycles. The molecule has 0 aliphatic heterocycles. The molecule has 0 saturated heterocycles. The van der Waals surface area contributed by atoms with Crippen molar-refractivity contribution in [1.82, 2.24) is 5.32 Å². The van der Waals surface area contributed by atoms with Crippen molar-refractivity contribution in [3.63, 3.8) is 0 Å². The van der Waals surface area contributed by atoms with E-state index in [4.69, 9.17) is 32.7 Å². The summed E-state index contributed by atoms with van der Waals surface area (Å²) in [6, 6.07) is 8.93. The molecular weight excluding hydrogens is 356 g/mol. The normalized spacial score (nSPS) is 11.7. The van der Waals surface area contributed by atoms with Crippen LogP contribution in [0.3, 0.4) is 0 Å². The third-order valence-corrected chi connectivity index (χ3v) is 3.91. The van der Waals surface area contributed by atoms with E-state index in [1.165, 1.54) is 12.1 Å².